The van der Waals surface area contributed by atoms with Gasteiger partial charge in [0.05, 0.1) is 0 Å². The molecule has 0 atom stereocenters. The molecule has 0 amide bonds. The van der Waals surface area contributed by atoms with E-state index < -0.39 is 11.7 Å². The molecule has 2 rings (SSSR count). The number of benzene rings is 1. The van der Waals surface area contributed by atoms with Crippen molar-refractivity contribution in [1.29, 1.82) is 0 Å². The molecule has 0 N–H and O–H groups in total. The zero-order valence-electron chi connectivity index (χ0n) is 9.00. The number of ether oxygens (including phenoxy) is 1. The van der Waals surface area contributed by atoms with E-state index in [1.54, 1.807) is 24.3 Å². The van der Waals surface area contributed by atoms with Gasteiger partial charge in [0, 0.05) is 5.88 Å². The summed E-state index contributed by atoms with van der Waals surface area (Å²) in [5, 5.41) is 1.20. The second-order valence-corrected chi connectivity index (χ2v) is 4.65. The Kier molecular flexibility index (Phi) is 3.82. The van der Waals surface area contributed by atoms with Crippen molar-refractivity contribution in [2.75, 3.05) is 0 Å². The van der Waals surface area contributed by atoms with Crippen LogP contribution >= 0.6 is 22.9 Å². The molecule has 2 aromatic rings. The lowest BCUT2D eigenvalue weighted by molar-refractivity contribution is -0.138. The molecule has 1 heterocycles. The van der Waals surface area contributed by atoms with Gasteiger partial charge in [-0.1, -0.05) is 12.1 Å². The molecule has 0 saturated heterocycles. The topological polar surface area (TPSA) is 9.23 Å². The molecular formula is C12H8ClF3OS. The smallest absolute Gasteiger partial charge is 0.420 e. The van der Waals surface area contributed by atoms with Crippen molar-refractivity contribution < 1.29 is 17.9 Å². The molecule has 0 bridgehead atoms. The molecule has 6 heteroatoms. The molecule has 0 unspecified atom stereocenters. The first-order chi connectivity index (χ1) is 8.50. The Labute approximate surface area is 111 Å². The van der Waals surface area contributed by atoms with Crippen LogP contribution in [0, 0.1) is 0 Å². The predicted molar refractivity (Wildman–Crippen MR) is 65.4 cm³/mol. The van der Waals surface area contributed by atoms with E-state index in [-0.39, 0.29) is 5.06 Å². The minimum absolute atomic E-state index is 0.152. The van der Waals surface area contributed by atoms with E-state index in [9.17, 15) is 13.2 Å². The first kappa shape index (κ1) is 13.2. The third-order valence-electron chi connectivity index (χ3n) is 2.22. The summed E-state index contributed by atoms with van der Waals surface area (Å²) in [6.07, 6.45) is -4.40. The van der Waals surface area contributed by atoms with E-state index >= 15 is 0 Å². The van der Waals surface area contributed by atoms with Crippen molar-refractivity contribution in [2.45, 2.75) is 12.1 Å². The number of halogens is 4. The lowest BCUT2D eigenvalue weighted by Crippen LogP contribution is -2.04. The predicted octanol–water partition coefficient (Wildman–Crippen LogP) is 5.30. The van der Waals surface area contributed by atoms with E-state index in [1.807, 2.05) is 0 Å². The average Bonchev–Trinajstić information content (AvgIpc) is 2.78. The summed E-state index contributed by atoms with van der Waals surface area (Å²) < 4.78 is 43.1. The average molecular weight is 293 g/mol. The van der Waals surface area contributed by atoms with E-state index in [4.69, 9.17) is 16.3 Å². The van der Waals surface area contributed by atoms with Crippen LogP contribution in [0.5, 0.6) is 10.8 Å². The van der Waals surface area contributed by atoms with Crippen LogP contribution in [-0.2, 0) is 12.1 Å². The van der Waals surface area contributed by atoms with Crippen LogP contribution in [0.3, 0.4) is 0 Å². The highest BCUT2D eigenvalue weighted by Crippen LogP contribution is 2.41. The van der Waals surface area contributed by atoms with Gasteiger partial charge in [0.1, 0.15) is 11.3 Å². The Hall–Kier alpha value is -1.20. The molecular weight excluding hydrogens is 285 g/mol. The molecule has 1 aromatic carbocycles. The fourth-order valence-corrected chi connectivity index (χ4v) is 2.30. The summed E-state index contributed by atoms with van der Waals surface area (Å²) in [7, 11) is 0. The lowest BCUT2D eigenvalue weighted by atomic mass is 10.2. The SMILES string of the molecule is FC(F)(F)c1ccsc1Oc1ccc(CCl)cc1. The summed E-state index contributed by atoms with van der Waals surface area (Å²) >= 11 is 6.53. The number of rotatable bonds is 3. The molecule has 0 fully saturated rings. The van der Waals surface area contributed by atoms with Crippen LogP contribution in [0.25, 0.3) is 0 Å². The normalized spacial score (nSPS) is 11.6. The second-order valence-electron chi connectivity index (χ2n) is 3.50. The number of hydrogen-bond donors (Lipinski definition) is 0. The molecule has 96 valence electrons. The van der Waals surface area contributed by atoms with Gasteiger partial charge in [-0.2, -0.15) is 13.2 Å². The minimum Gasteiger partial charge on any atom is -0.446 e. The fraction of sp³-hybridized carbons (Fsp3) is 0.167. The van der Waals surface area contributed by atoms with Gasteiger partial charge >= 0.3 is 6.18 Å². The van der Waals surface area contributed by atoms with Crippen molar-refractivity contribution in [3.63, 3.8) is 0 Å². The Morgan fingerprint density at radius 1 is 1.11 bits per heavy atom. The highest BCUT2D eigenvalue weighted by atomic mass is 35.5. The Balaban J connectivity index is 2.21. The summed E-state index contributed by atoms with van der Waals surface area (Å²) in [5.74, 6) is 0.712. The maximum atomic E-state index is 12.6. The van der Waals surface area contributed by atoms with Crippen LogP contribution in [0.15, 0.2) is 35.7 Å². The largest absolute Gasteiger partial charge is 0.446 e. The van der Waals surface area contributed by atoms with Crippen molar-refractivity contribution in [2.24, 2.45) is 0 Å². The van der Waals surface area contributed by atoms with Crippen molar-refractivity contribution >= 4 is 22.9 Å². The van der Waals surface area contributed by atoms with E-state index in [1.165, 1.54) is 5.38 Å². The van der Waals surface area contributed by atoms with Crippen LogP contribution in [-0.4, -0.2) is 0 Å². The van der Waals surface area contributed by atoms with Gasteiger partial charge < -0.3 is 4.74 Å². The summed E-state index contributed by atoms with van der Waals surface area (Å²) in [6.45, 7) is 0. The zero-order chi connectivity index (χ0) is 13.2. The fourth-order valence-electron chi connectivity index (χ4n) is 1.34. The molecule has 1 aromatic heterocycles. The quantitative estimate of drug-likeness (QED) is 0.698. The van der Waals surface area contributed by atoms with Crippen LogP contribution in [0.1, 0.15) is 11.1 Å². The Morgan fingerprint density at radius 2 is 1.78 bits per heavy atom. The van der Waals surface area contributed by atoms with E-state index in [0.29, 0.717) is 11.6 Å². The second kappa shape index (κ2) is 5.20. The third kappa shape index (κ3) is 2.97. The Bertz CT molecular complexity index is 519. The minimum atomic E-state index is -4.40. The van der Waals surface area contributed by atoms with Gasteiger partial charge in [-0.25, -0.2) is 0 Å². The van der Waals surface area contributed by atoms with E-state index in [2.05, 4.69) is 0 Å². The van der Waals surface area contributed by atoms with E-state index in [0.717, 1.165) is 23.0 Å². The van der Waals surface area contributed by atoms with Gasteiger partial charge in [-0.3, -0.25) is 0 Å². The molecule has 0 aliphatic rings. The van der Waals surface area contributed by atoms with Crippen molar-refractivity contribution in [3.8, 4) is 10.8 Å². The number of hydrogen-bond acceptors (Lipinski definition) is 2. The monoisotopic (exact) mass is 292 g/mol. The third-order valence-corrected chi connectivity index (χ3v) is 3.32. The van der Waals surface area contributed by atoms with Gasteiger partial charge in [0.15, 0.2) is 5.06 Å². The maximum Gasteiger partial charge on any atom is 0.420 e. The van der Waals surface area contributed by atoms with Crippen LogP contribution < -0.4 is 4.74 Å². The molecule has 0 spiro atoms. The molecule has 0 aliphatic carbocycles. The zero-order valence-corrected chi connectivity index (χ0v) is 10.6. The molecule has 0 aliphatic heterocycles. The number of thiophene rings is 1. The van der Waals surface area contributed by atoms with Gasteiger partial charge in [-0.05, 0) is 29.1 Å². The molecule has 0 radical (unpaired) electrons. The first-order valence-corrected chi connectivity index (χ1v) is 6.39. The van der Waals surface area contributed by atoms with Gasteiger partial charge in [-0.15, -0.1) is 22.9 Å². The first-order valence-electron chi connectivity index (χ1n) is 4.98. The summed E-state index contributed by atoms with van der Waals surface area (Å²) in [4.78, 5) is 0. The molecule has 1 nitrogen and oxygen atoms in total. The van der Waals surface area contributed by atoms with Gasteiger partial charge in [0.2, 0.25) is 0 Å². The summed E-state index contributed by atoms with van der Waals surface area (Å²) in [5.41, 5.74) is 0.125. The van der Waals surface area contributed by atoms with Gasteiger partial charge in [0.25, 0.3) is 0 Å². The van der Waals surface area contributed by atoms with Crippen molar-refractivity contribution in [3.05, 3.63) is 46.8 Å². The highest BCUT2D eigenvalue weighted by molar-refractivity contribution is 7.12. The van der Waals surface area contributed by atoms with Crippen LogP contribution in [0.4, 0.5) is 13.2 Å². The molecule has 18 heavy (non-hydrogen) atoms. The summed E-state index contributed by atoms with van der Waals surface area (Å²) in [6, 6.07) is 7.62. The highest BCUT2D eigenvalue weighted by Gasteiger charge is 2.35. The maximum absolute atomic E-state index is 12.6. The standard InChI is InChI=1S/C12H8ClF3OS/c13-7-8-1-3-9(4-2-8)17-11-10(5-6-18-11)12(14,15)16/h1-6H,7H2. The van der Waals surface area contributed by atoms with Crippen molar-refractivity contribution in [1.82, 2.24) is 0 Å². The van der Waals surface area contributed by atoms with Crippen LogP contribution in [0.2, 0.25) is 0 Å². The molecule has 0 saturated carbocycles. The Morgan fingerprint density at radius 3 is 2.33 bits per heavy atom. The lowest BCUT2D eigenvalue weighted by Gasteiger charge is -2.09. The number of alkyl halides is 4.